The molecular weight excluding hydrogens is 268 g/mol. The zero-order chi connectivity index (χ0) is 14.0. The number of aryl methyl sites for hydroxylation is 1. The summed E-state index contributed by atoms with van der Waals surface area (Å²) in [5, 5.41) is 11.2. The molecule has 0 fully saturated rings. The van der Waals surface area contributed by atoms with Crippen LogP contribution >= 0.6 is 0 Å². The maximum atomic E-state index is 11.2. The van der Waals surface area contributed by atoms with Crippen LogP contribution in [0.15, 0.2) is 18.2 Å². The van der Waals surface area contributed by atoms with Gasteiger partial charge in [0.2, 0.25) is 0 Å². The Morgan fingerprint density at radius 2 is 2.05 bits per heavy atom. The second-order valence-corrected chi connectivity index (χ2v) is 6.46. The molecule has 1 aromatic carbocycles. The standard InChI is InChI=1S/C10H14N6O2S/c1-19(17,18)5-4-16-10(13-14-15-16)8-3-2-7(11)6-9(8)12/h2-3,6H,4-5,11-12H2,1H3. The van der Waals surface area contributed by atoms with E-state index in [2.05, 4.69) is 15.5 Å². The van der Waals surface area contributed by atoms with Crippen molar-refractivity contribution in [2.75, 3.05) is 23.5 Å². The van der Waals surface area contributed by atoms with Gasteiger partial charge in [-0.2, -0.15) is 0 Å². The fraction of sp³-hybridized carbons (Fsp3) is 0.300. The van der Waals surface area contributed by atoms with E-state index in [9.17, 15) is 8.42 Å². The summed E-state index contributed by atoms with van der Waals surface area (Å²) in [5.74, 6) is 0.376. The second kappa shape index (κ2) is 4.84. The maximum absolute atomic E-state index is 11.2. The van der Waals surface area contributed by atoms with E-state index in [4.69, 9.17) is 11.5 Å². The van der Waals surface area contributed by atoms with Crippen LogP contribution in [-0.4, -0.2) is 40.6 Å². The molecule has 0 saturated heterocycles. The minimum absolute atomic E-state index is 0.0417. The lowest BCUT2D eigenvalue weighted by atomic mass is 10.1. The van der Waals surface area contributed by atoms with Crippen LogP contribution in [0.3, 0.4) is 0 Å². The number of benzene rings is 1. The van der Waals surface area contributed by atoms with Gasteiger partial charge in [-0.3, -0.25) is 0 Å². The highest BCUT2D eigenvalue weighted by atomic mass is 32.2. The Morgan fingerprint density at radius 1 is 1.32 bits per heavy atom. The number of nitrogen functional groups attached to an aromatic ring is 2. The fourth-order valence-corrected chi connectivity index (χ4v) is 2.09. The van der Waals surface area contributed by atoms with Gasteiger partial charge in [0, 0.05) is 23.2 Å². The van der Waals surface area contributed by atoms with Crippen molar-refractivity contribution in [2.24, 2.45) is 0 Å². The average Bonchev–Trinajstić information content (AvgIpc) is 2.73. The smallest absolute Gasteiger partial charge is 0.184 e. The van der Waals surface area contributed by atoms with E-state index in [0.29, 0.717) is 22.8 Å². The predicted molar refractivity (Wildman–Crippen MR) is 71.8 cm³/mol. The van der Waals surface area contributed by atoms with E-state index in [1.807, 2.05) is 0 Å². The van der Waals surface area contributed by atoms with Crippen LogP contribution < -0.4 is 11.5 Å². The molecule has 1 heterocycles. The first-order valence-electron chi connectivity index (χ1n) is 5.46. The molecule has 0 spiro atoms. The molecule has 0 saturated carbocycles. The van der Waals surface area contributed by atoms with Gasteiger partial charge >= 0.3 is 0 Å². The molecule has 4 N–H and O–H groups in total. The summed E-state index contributed by atoms with van der Waals surface area (Å²) in [6.07, 6.45) is 1.16. The summed E-state index contributed by atoms with van der Waals surface area (Å²) < 4.78 is 23.7. The van der Waals surface area contributed by atoms with Gasteiger partial charge in [-0.25, -0.2) is 13.1 Å². The van der Waals surface area contributed by atoms with Gasteiger partial charge in [0.1, 0.15) is 9.84 Å². The number of aromatic nitrogens is 4. The first kappa shape index (κ1) is 13.3. The molecule has 0 unspecified atom stereocenters. The summed E-state index contributed by atoms with van der Waals surface area (Å²) >= 11 is 0. The van der Waals surface area contributed by atoms with Crippen LogP contribution in [0.2, 0.25) is 0 Å². The molecule has 0 aliphatic carbocycles. The molecule has 1 aromatic heterocycles. The molecule has 19 heavy (non-hydrogen) atoms. The first-order valence-corrected chi connectivity index (χ1v) is 7.52. The Morgan fingerprint density at radius 3 is 2.68 bits per heavy atom. The van der Waals surface area contributed by atoms with E-state index < -0.39 is 9.84 Å². The third-order valence-electron chi connectivity index (χ3n) is 2.52. The molecular formula is C10H14N6O2S. The lowest BCUT2D eigenvalue weighted by molar-refractivity contribution is 0.581. The van der Waals surface area contributed by atoms with Gasteiger partial charge in [-0.05, 0) is 28.6 Å². The molecule has 9 heteroatoms. The minimum atomic E-state index is -3.08. The molecule has 0 aliphatic heterocycles. The van der Waals surface area contributed by atoms with Crippen molar-refractivity contribution < 1.29 is 8.42 Å². The van der Waals surface area contributed by atoms with Crippen LogP contribution in [0, 0.1) is 0 Å². The van der Waals surface area contributed by atoms with Gasteiger partial charge < -0.3 is 11.5 Å². The van der Waals surface area contributed by atoms with Crippen LogP contribution in [0.4, 0.5) is 11.4 Å². The molecule has 0 atom stereocenters. The Labute approximate surface area is 110 Å². The van der Waals surface area contributed by atoms with Crippen LogP contribution in [-0.2, 0) is 16.4 Å². The Kier molecular flexibility index (Phi) is 3.38. The molecule has 2 aromatic rings. The van der Waals surface area contributed by atoms with E-state index in [-0.39, 0.29) is 12.3 Å². The van der Waals surface area contributed by atoms with Gasteiger partial charge in [0.25, 0.3) is 0 Å². The molecule has 8 nitrogen and oxygen atoms in total. The van der Waals surface area contributed by atoms with Gasteiger partial charge in [0.15, 0.2) is 5.82 Å². The zero-order valence-corrected chi connectivity index (χ0v) is 11.1. The summed E-state index contributed by atoms with van der Waals surface area (Å²) in [6, 6.07) is 4.99. The normalized spacial score (nSPS) is 11.6. The summed E-state index contributed by atoms with van der Waals surface area (Å²) in [4.78, 5) is 0. The number of nitrogens with zero attached hydrogens (tertiary/aromatic N) is 4. The van der Waals surface area contributed by atoms with Crippen molar-refractivity contribution in [3.05, 3.63) is 18.2 Å². The average molecular weight is 282 g/mol. The lowest BCUT2D eigenvalue weighted by Crippen LogP contribution is -2.13. The molecule has 2 rings (SSSR count). The number of nitrogens with two attached hydrogens (primary N) is 2. The van der Waals surface area contributed by atoms with Crippen molar-refractivity contribution in [3.63, 3.8) is 0 Å². The van der Waals surface area contributed by atoms with Crippen molar-refractivity contribution in [1.82, 2.24) is 20.2 Å². The van der Waals surface area contributed by atoms with E-state index >= 15 is 0 Å². The number of rotatable bonds is 4. The van der Waals surface area contributed by atoms with Crippen LogP contribution in [0.5, 0.6) is 0 Å². The number of sulfone groups is 1. The minimum Gasteiger partial charge on any atom is -0.399 e. The van der Waals surface area contributed by atoms with E-state index in [0.717, 1.165) is 6.26 Å². The van der Waals surface area contributed by atoms with Crippen molar-refractivity contribution in [2.45, 2.75) is 6.54 Å². The molecule has 102 valence electrons. The predicted octanol–water partition coefficient (Wildman–Crippen LogP) is -0.451. The quantitative estimate of drug-likeness (QED) is 0.726. The number of hydrogen-bond acceptors (Lipinski definition) is 7. The molecule has 0 amide bonds. The summed E-state index contributed by atoms with van der Waals surface area (Å²) in [5.41, 5.74) is 13.1. The first-order chi connectivity index (χ1) is 8.87. The van der Waals surface area contributed by atoms with E-state index in [1.165, 1.54) is 4.68 Å². The van der Waals surface area contributed by atoms with E-state index in [1.54, 1.807) is 18.2 Å². The number of tetrazole rings is 1. The van der Waals surface area contributed by atoms with Crippen molar-refractivity contribution in [1.29, 1.82) is 0 Å². The molecule has 0 bridgehead atoms. The molecule has 0 radical (unpaired) electrons. The monoisotopic (exact) mass is 282 g/mol. The van der Waals surface area contributed by atoms with Gasteiger partial charge in [0.05, 0.1) is 12.3 Å². The maximum Gasteiger partial charge on any atom is 0.184 e. The zero-order valence-electron chi connectivity index (χ0n) is 10.3. The highest BCUT2D eigenvalue weighted by Gasteiger charge is 2.13. The third-order valence-corrected chi connectivity index (χ3v) is 3.45. The third kappa shape index (κ3) is 3.19. The topological polar surface area (TPSA) is 130 Å². The Balaban J connectivity index is 2.33. The Bertz CT molecular complexity index is 694. The number of hydrogen-bond donors (Lipinski definition) is 2. The fourth-order valence-electron chi connectivity index (χ4n) is 1.59. The second-order valence-electron chi connectivity index (χ2n) is 4.20. The highest BCUT2D eigenvalue weighted by Crippen LogP contribution is 2.25. The van der Waals surface area contributed by atoms with Crippen molar-refractivity contribution >= 4 is 21.2 Å². The van der Waals surface area contributed by atoms with Crippen molar-refractivity contribution in [3.8, 4) is 11.4 Å². The van der Waals surface area contributed by atoms with Crippen LogP contribution in [0.25, 0.3) is 11.4 Å². The summed E-state index contributed by atoms with van der Waals surface area (Å²) in [7, 11) is -3.08. The summed E-state index contributed by atoms with van der Waals surface area (Å²) in [6.45, 7) is 0.172. The molecule has 0 aliphatic rings. The lowest BCUT2D eigenvalue weighted by Gasteiger charge is -2.07. The SMILES string of the molecule is CS(=O)(=O)CCn1nnnc1-c1ccc(N)cc1N. The highest BCUT2D eigenvalue weighted by molar-refractivity contribution is 7.90. The van der Waals surface area contributed by atoms with Crippen LogP contribution in [0.1, 0.15) is 0 Å². The largest absolute Gasteiger partial charge is 0.399 e. The van der Waals surface area contributed by atoms with Gasteiger partial charge in [-0.1, -0.05) is 0 Å². The Hall–Kier alpha value is -2.16. The van der Waals surface area contributed by atoms with Gasteiger partial charge in [-0.15, -0.1) is 5.10 Å². The number of anilines is 2.